The lowest BCUT2D eigenvalue weighted by Gasteiger charge is -2.20. The third-order valence-corrected chi connectivity index (χ3v) is 5.03. The monoisotopic (exact) mass is 424 g/mol. The molecule has 0 amide bonds. The average Bonchev–Trinajstić information content (AvgIpc) is 2.81. The molecule has 2 rings (SSSR count). The van der Waals surface area contributed by atoms with Gasteiger partial charge in [0.25, 0.3) is 0 Å². The molecule has 0 radical (unpaired) electrons. The Morgan fingerprint density at radius 2 is 1.55 bits per heavy atom. The van der Waals surface area contributed by atoms with Gasteiger partial charge in [-0.2, -0.15) is 0 Å². The lowest BCUT2D eigenvalue weighted by molar-refractivity contribution is -0.138. The molecule has 4 nitrogen and oxygen atoms in total. The van der Waals surface area contributed by atoms with E-state index < -0.39 is 0 Å². The van der Waals surface area contributed by atoms with Gasteiger partial charge in [0.15, 0.2) is 6.29 Å². The molecule has 0 bridgehead atoms. The smallest absolute Gasteiger partial charge is 0.330 e. The number of benzene rings is 2. The Hall–Kier alpha value is -2.59. The SMILES string of the molecule is C=CC(=O)OCCCCOC(CCCCCCC)Oc1ccc(-c2ccccc2)cc1. The Bertz CT molecular complexity index is 740. The molecule has 0 N–H and O–H groups in total. The molecule has 0 aliphatic rings. The standard InChI is InChI=1S/C27H36O4/c1-3-5-6-7-11-16-27(30-22-13-12-21-29-26(28)4-2)31-25-19-17-24(18-20-25)23-14-9-8-10-15-23/h4,8-10,14-15,17-20,27H,2-3,5-7,11-13,16,21-22H2,1H3. The largest absolute Gasteiger partial charge is 0.465 e. The summed E-state index contributed by atoms with van der Waals surface area (Å²) in [5, 5.41) is 0. The topological polar surface area (TPSA) is 44.8 Å². The highest BCUT2D eigenvalue weighted by atomic mass is 16.7. The van der Waals surface area contributed by atoms with E-state index in [4.69, 9.17) is 14.2 Å². The molecule has 0 saturated heterocycles. The summed E-state index contributed by atoms with van der Waals surface area (Å²) in [7, 11) is 0. The van der Waals surface area contributed by atoms with Crippen LogP contribution in [-0.2, 0) is 14.3 Å². The summed E-state index contributed by atoms with van der Waals surface area (Å²) in [6.07, 6.45) is 9.41. The number of hydrogen-bond donors (Lipinski definition) is 0. The molecule has 0 fully saturated rings. The zero-order valence-electron chi connectivity index (χ0n) is 18.8. The molecule has 2 aromatic rings. The number of esters is 1. The van der Waals surface area contributed by atoms with Crippen LogP contribution in [0.25, 0.3) is 11.1 Å². The van der Waals surface area contributed by atoms with Crippen molar-refractivity contribution in [2.24, 2.45) is 0 Å². The summed E-state index contributed by atoms with van der Waals surface area (Å²) in [6.45, 7) is 6.58. The van der Waals surface area contributed by atoms with Crippen molar-refractivity contribution in [2.45, 2.75) is 64.6 Å². The van der Waals surface area contributed by atoms with Gasteiger partial charge in [-0.1, -0.05) is 81.7 Å². The van der Waals surface area contributed by atoms with Crippen LogP contribution in [0.3, 0.4) is 0 Å². The van der Waals surface area contributed by atoms with Gasteiger partial charge in [0.05, 0.1) is 13.2 Å². The second-order valence-corrected chi connectivity index (χ2v) is 7.59. The van der Waals surface area contributed by atoms with Gasteiger partial charge >= 0.3 is 5.97 Å². The number of carbonyl (C=O) groups excluding carboxylic acids is 1. The first kappa shape index (κ1) is 24.7. The van der Waals surface area contributed by atoms with E-state index in [9.17, 15) is 4.79 Å². The van der Waals surface area contributed by atoms with Crippen LogP contribution in [0.4, 0.5) is 0 Å². The van der Waals surface area contributed by atoms with Gasteiger partial charge in [-0.05, 0) is 42.5 Å². The highest BCUT2D eigenvalue weighted by Gasteiger charge is 2.11. The number of hydrogen-bond acceptors (Lipinski definition) is 4. The minimum atomic E-state index is -0.381. The maximum atomic E-state index is 11.1. The molecule has 4 heteroatoms. The second kappa shape index (κ2) is 15.2. The summed E-state index contributed by atoms with van der Waals surface area (Å²) in [4.78, 5) is 11.1. The third kappa shape index (κ3) is 10.3. The lowest BCUT2D eigenvalue weighted by Crippen LogP contribution is -2.21. The van der Waals surface area contributed by atoms with Crippen LogP contribution in [-0.4, -0.2) is 25.5 Å². The second-order valence-electron chi connectivity index (χ2n) is 7.59. The Morgan fingerprint density at radius 1 is 0.871 bits per heavy atom. The molecule has 1 atom stereocenters. The predicted molar refractivity (Wildman–Crippen MR) is 126 cm³/mol. The van der Waals surface area contributed by atoms with Crippen molar-refractivity contribution in [3.63, 3.8) is 0 Å². The van der Waals surface area contributed by atoms with Crippen LogP contribution < -0.4 is 4.74 Å². The molecule has 0 aromatic heterocycles. The number of rotatable bonds is 16. The summed E-state index contributed by atoms with van der Waals surface area (Å²) >= 11 is 0. The summed E-state index contributed by atoms with van der Waals surface area (Å²) in [5.41, 5.74) is 2.36. The van der Waals surface area contributed by atoms with Crippen molar-refractivity contribution < 1.29 is 19.0 Å². The highest BCUT2D eigenvalue weighted by Crippen LogP contribution is 2.23. The minimum absolute atomic E-state index is 0.264. The van der Waals surface area contributed by atoms with E-state index in [1.165, 1.54) is 42.9 Å². The number of carbonyl (C=O) groups is 1. The predicted octanol–water partition coefficient (Wildman–Crippen LogP) is 6.95. The Kier molecular flexibility index (Phi) is 12.1. The quantitative estimate of drug-likeness (QED) is 0.127. The summed E-state index contributed by atoms with van der Waals surface area (Å²) < 4.78 is 17.2. The zero-order chi connectivity index (χ0) is 22.2. The van der Waals surface area contributed by atoms with Gasteiger partial charge in [0, 0.05) is 12.5 Å². The molecule has 2 aromatic carbocycles. The lowest BCUT2D eigenvalue weighted by atomic mass is 10.1. The molecular weight excluding hydrogens is 388 g/mol. The van der Waals surface area contributed by atoms with Gasteiger partial charge in [-0.25, -0.2) is 4.79 Å². The van der Waals surface area contributed by atoms with Crippen molar-refractivity contribution in [3.05, 3.63) is 67.3 Å². The first-order chi connectivity index (χ1) is 15.2. The molecule has 168 valence electrons. The fourth-order valence-electron chi connectivity index (χ4n) is 3.25. The number of unbranched alkanes of at least 4 members (excludes halogenated alkanes) is 5. The van der Waals surface area contributed by atoms with Gasteiger partial charge in [-0.3, -0.25) is 0 Å². The van der Waals surface area contributed by atoms with E-state index >= 15 is 0 Å². The van der Waals surface area contributed by atoms with Crippen LogP contribution in [0.2, 0.25) is 0 Å². The van der Waals surface area contributed by atoms with Crippen LogP contribution >= 0.6 is 0 Å². The molecule has 31 heavy (non-hydrogen) atoms. The summed E-state index contributed by atoms with van der Waals surface area (Å²) in [6, 6.07) is 18.5. The van der Waals surface area contributed by atoms with Crippen LogP contribution in [0.1, 0.15) is 58.3 Å². The summed E-state index contributed by atoms with van der Waals surface area (Å²) in [5.74, 6) is 0.436. The van der Waals surface area contributed by atoms with Crippen molar-refractivity contribution >= 4 is 5.97 Å². The van der Waals surface area contributed by atoms with Gasteiger partial charge < -0.3 is 14.2 Å². The molecule has 0 aliphatic carbocycles. The van der Waals surface area contributed by atoms with Gasteiger partial charge in [0.1, 0.15) is 5.75 Å². The zero-order valence-corrected chi connectivity index (χ0v) is 18.8. The first-order valence-corrected chi connectivity index (χ1v) is 11.5. The van der Waals surface area contributed by atoms with Crippen molar-refractivity contribution in [2.75, 3.05) is 13.2 Å². The van der Waals surface area contributed by atoms with E-state index in [1.807, 2.05) is 30.3 Å². The Morgan fingerprint density at radius 3 is 2.26 bits per heavy atom. The van der Waals surface area contributed by atoms with E-state index in [2.05, 4.69) is 37.8 Å². The van der Waals surface area contributed by atoms with Crippen molar-refractivity contribution in [3.8, 4) is 16.9 Å². The third-order valence-electron chi connectivity index (χ3n) is 5.03. The van der Waals surface area contributed by atoms with Crippen LogP contribution in [0.5, 0.6) is 5.75 Å². The van der Waals surface area contributed by atoms with Crippen molar-refractivity contribution in [1.82, 2.24) is 0 Å². The Labute approximate surface area is 187 Å². The fraction of sp³-hybridized carbons (Fsp3) is 0.444. The molecule has 0 saturated carbocycles. The first-order valence-electron chi connectivity index (χ1n) is 11.5. The molecule has 0 heterocycles. The van der Waals surface area contributed by atoms with E-state index in [0.717, 1.165) is 31.4 Å². The Balaban J connectivity index is 1.82. The molecule has 0 spiro atoms. The van der Waals surface area contributed by atoms with Crippen molar-refractivity contribution in [1.29, 1.82) is 0 Å². The maximum absolute atomic E-state index is 11.1. The van der Waals surface area contributed by atoms with Gasteiger partial charge in [0.2, 0.25) is 0 Å². The van der Waals surface area contributed by atoms with E-state index in [1.54, 1.807) is 0 Å². The normalized spacial score (nSPS) is 11.6. The highest BCUT2D eigenvalue weighted by molar-refractivity contribution is 5.81. The molecular formula is C27H36O4. The maximum Gasteiger partial charge on any atom is 0.330 e. The van der Waals surface area contributed by atoms with E-state index in [-0.39, 0.29) is 12.3 Å². The number of ether oxygens (including phenoxy) is 3. The van der Waals surface area contributed by atoms with Gasteiger partial charge in [-0.15, -0.1) is 0 Å². The molecule has 1 unspecified atom stereocenters. The van der Waals surface area contributed by atoms with Crippen LogP contribution in [0.15, 0.2) is 67.3 Å². The van der Waals surface area contributed by atoms with Crippen LogP contribution in [0, 0.1) is 0 Å². The fourth-order valence-corrected chi connectivity index (χ4v) is 3.25. The minimum Gasteiger partial charge on any atom is -0.465 e. The average molecular weight is 425 g/mol. The van der Waals surface area contributed by atoms with E-state index in [0.29, 0.717) is 13.2 Å². The molecule has 0 aliphatic heterocycles.